The zero-order chi connectivity index (χ0) is 15.2. The quantitative estimate of drug-likeness (QED) is 0.832. The van der Waals surface area contributed by atoms with Crippen LogP contribution >= 0.6 is 0 Å². The van der Waals surface area contributed by atoms with E-state index < -0.39 is 23.4 Å². The number of nitrogens with one attached hydrogen (secondary N) is 1. The number of carbonyl (C=O) groups is 2. The van der Waals surface area contributed by atoms with Crippen molar-refractivity contribution >= 4 is 17.6 Å². The zero-order valence-electron chi connectivity index (χ0n) is 10.8. The van der Waals surface area contributed by atoms with Gasteiger partial charge in [0.1, 0.15) is 5.82 Å². The number of carbonyl (C=O) groups excluding carboxylic acids is 1. The van der Waals surface area contributed by atoms with Crippen molar-refractivity contribution in [2.45, 2.75) is 0 Å². The second-order valence-corrected chi connectivity index (χ2v) is 4.04. The first kappa shape index (κ1) is 14.3. The lowest BCUT2D eigenvalue weighted by atomic mass is 10.1. The molecule has 2 aromatic carbocycles. The fourth-order valence-corrected chi connectivity index (χ4v) is 1.62. The molecule has 0 saturated carbocycles. The first-order valence-electron chi connectivity index (χ1n) is 5.98. The second kappa shape index (κ2) is 6.35. The van der Waals surface area contributed by atoms with Gasteiger partial charge in [0.2, 0.25) is 0 Å². The van der Waals surface area contributed by atoms with Crippen molar-refractivity contribution in [1.82, 2.24) is 0 Å². The summed E-state index contributed by atoms with van der Waals surface area (Å²) in [5, 5.41) is 11.1. The van der Waals surface area contributed by atoms with E-state index in [-0.39, 0.29) is 5.56 Å². The second-order valence-electron chi connectivity index (χ2n) is 4.04. The molecule has 5 heteroatoms. The summed E-state index contributed by atoms with van der Waals surface area (Å²) >= 11 is 0. The van der Waals surface area contributed by atoms with Crippen LogP contribution in [-0.2, 0) is 4.79 Å². The number of anilines is 1. The van der Waals surface area contributed by atoms with Gasteiger partial charge >= 0.3 is 11.9 Å². The Morgan fingerprint density at radius 2 is 1.76 bits per heavy atom. The van der Waals surface area contributed by atoms with Gasteiger partial charge in [-0.2, -0.15) is 0 Å². The van der Waals surface area contributed by atoms with Crippen molar-refractivity contribution < 1.29 is 19.1 Å². The normalized spacial score (nSPS) is 9.38. The van der Waals surface area contributed by atoms with Gasteiger partial charge in [-0.1, -0.05) is 30.2 Å². The summed E-state index contributed by atoms with van der Waals surface area (Å²) in [6.07, 6.45) is 0. The highest BCUT2D eigenvalue weighted by Gasteiger charge is 2.15. The molecule has 0 radical (unpaired) electrons. The minimum Gasteiger partial charge on any atom is -0.478 e. The Hall–Kier alpha value is -3.13. The molecular formula is C16H10FNO3. The number of rotatable bonds is 2. The smallest absolute Gasteiger partial charge is 0.337 e. The number of benzene rings is 2. The maximum Gasteiger partial charge on any atom is 0.337 e. The van der Waals surface area contributed by atoms with E-state index >= 15 is 0 Å². The summed E-state index contributed by atoms with van der Waals surface area (Å²) in [5.41, 5.74) is -0.0955. The van der Waals surface area contributed by atoms with Crippen LogP contribution in [0.4, 0.5) is 10.1 Å². The topological polar surface area (TPSA) is 66.4 Å². The largest absolute Gasteiger partial charge is 0.478 e. The number of hydrogen-bond donors (Lipinski definition) is 2. The standard InChI is InChI=1S/C16H10FNO3/c17-13-8-4-7-12(16(20)21)15(13)18-14(19)10-9-11-5-2-1-3-6-11/h1-8H,(H,18,19)(H,20,21). The Kier molecular flexibility index (Phi) is 4.32. The lowest BCUT2D eigenvalue weighted by molar-refractivity contribution is -0.111. The van der Waals surface area contributed by atoms with E-state index in [0.29, 0.717) is 5.56 Å². The van der Waals surface area contributed by atoms with E-state index in [1.165, 1.54) is 12.1 Å². The molecule has 0 saturated heterocycles. The van der Waals surface area contributed by atoms with Crippen LogP contribution < -0.4 is 5.32 Å². The molecule has 0 aliphatic rings. The molecule has 0 aliphatic carbocycles. The predicted octanol–water partition coefficient (Wildman–Crippen LogP) is 2.51. The van der Waals surface area contributed by atoms with E-state index in [4.69, 9.17) is 5.11 Å². The zero-order valence-corrected chi connectivity index (χ0v) is 10.8. The van der Waals surface area contributed by atoms with Crippen molar-refractivity contribution in [3.63, 3.8) is 0 Å². The average Bonchev–Trinajstić information content (AvgIpc) is 2.48. The van der Waals surface area contributed by atoms with Crippen molar-refractivity contribution in [3.05, 3.63) is 65.5 Å². The summed E-state index contributed by atoms with van der Waals surface area (Å²) in [6, 6.07) is 12.3. The van der Waals surface area contributed by atoms with Gasteiger partial charge in [-0.05, 0) is 24.3 Å². The summed E-state index contributed by atoms with van der Waals surface area (Å²) in [7, 11) is 0. The molecule has 0 aromatic heterocycles. The summed E-state index contributed by atoms with van der Waals surface area (Å²) in [5.74, 6) is 1.93. The number of amides is 1. The Labute approximate surface area is 120 Å². The van der Waals surface area contributed by atoms with Gasteiger partial charge in [0.25, 0.3) is 0 Å². The molecule has 21 heavy (non-hydrogen) atoms. The van der Waals surface area contributed by atoms with Crippen LogP contribution in [-0.4, -0.2) is 17.0 Å². The van der Waals surface area contributed by atoms with Gasteiger partial charge < -0.3 is 10.4 Å². The maximum absolute atomic E-state index is 13.6. The molecule has 1 amide bonds. The number of carboxylic acids is 1. The van der Waals surface area contributed by atoms with Gasteiger partial charge in [0.05, 0.1) is 11.3 Å². The molecule has 0 fully saturated rings. The Morgan fingerprint density at radius 3 is 2.43 bits per heavy atom. The van der Waals surface area contributed by atoms with E-state index in [0.717, 1.165) is 6.07 Å². The van der Waals surface area contributed by atoms with Crippen molar-refractivity contribution in [2.24, 2.45) is 0 Å². The number of aromatic carboxylic acids is 1. The molecule has 104 valence electrons. The first-order chi connectivity index (χ1) is 10.1. The van der Waals surface area contributed by atoms with E-state index in [2.05, 4.69) is 17.2 Å². The maximum atomic E-state index is 13.6. The summed E-state index contributed by atoms with van der Waals surface area (Å²) in [4.78, 5) is 22.6. The van der Waals surface area contributed by atoms with Crippen LogP contribution in [0.2, 0.25) is 0 Å². The summed E-state index contributed by atoms with van der Waals surface area (Å²) < 4.78 is 13.6. The molecule has 2 aromatic rings. The fraction of sp³-hybridized carbons (Fsp3) is 0. The number of carboxylic acid groups (broad SMARTS) is 1. The predicted molar refractivity (Wildman–Crippen MR) is 75.3 cm³/mol. The molecule has 0 atom stereocenters. The number of para-hydroxylation sites is 1. The van der Waals surface area contributed by atoms with E-state index in [9.17, 15) is 14.0 Å². The fourth-order valence-electron chi connectivity index (χ4n) is 1.62. The van der Waals surface area contributed by atoms with Crippen molar-refractivity contribution in [1.29, 1.82) is 0 Å². The molecule has 0 bridgehead atoms. The van der Waals surface area contributed by atoms with Crippen LogP contribution in [0.15, 0.2) is 48.5 Å². The molecule has 2 rings (SSSR count). The highest BCUT2D eigenvalue weighted by atomic mass is 19.1. The van der Waals surface area contributed by atoms with Crippen LogP contribution in [0.3, 0.4) is 0 Å². The van der Waals surface area contributed by atoms with E-state index in [1.54, 1.807) is 24.3 Å². The minimum absolute atomic E-state index is 0.329. The molecule has 2 N–H and O–H groups in total. The first-order valence-corrected chi connectivity index (χ1v) is 5.98. The molecule has 0 unspecified atom stereocenters. The Balaban J connectivity index is 2.22. The average molecular weight is 283 g/mol. The molecule has 0 aliphatic heterocycles. The van der Waals surface area contributed by atoms with Gasteiger partial charge in [-0.3, -0.25) is 4.79 Å². The van der Waals surface area contributed by atoms with Gasteiger partial charge in [0, 0.05) is 11.5 Å². The van der Waals surface area contributed by atoms with Gasteiger partial charge in [-0.25, -0.2) is 9.18 Å². The molecule has 4 nitrogen and oxygen atoms in total. The lowest BCUT2D eigenvalue weighted by Gasteiger charge is -2.06. The highest BCUT2D eigenvalue weighted by Crippen LogP contribution is 2.19. The minimum atomic E-state index is -1.33. The SMILES string of the molecule is O=C(C#Cc1ccccc1)Nc1c(F)cccc1C(=O)O. The van der Waals surface area contributed by atoms with Crippen LogP contribution in [0, 0.1) is 17.7 Å². The molecule has 0 heterocycles. The lowest BCUT2D eigenvalue weighted by Crippen LogP contribution is -2.14. The van der Waals surface area contributed by atoms with Crippen LogP contribution in [0.5, 0.6) is 0 Å². The third kappa shape index (κ3) is 3.67. The van der Waals surface area contributed by atoms with Crippen LogP contribution in [0.1, 0.15) is 15.9 Å². The third-order valence-electron chi connectivity index (χ3n) is 2.58. The number of hydrogen-bond acceptors (Lipinski definition) is 2. The molecule has 0 spiro atoms. The van der Waals surface area contributed by atoms with Crippen molar-refractivity contribution in [2.75, 3.05) is 5.32 Å². The highest BCUT2D eigenvalue weighted by molar-refractivity contribution is 6.07. The van der Waals surface area contributed by atoms with Crippen LogP contribution in [0.25, 0.3) is 0 Å². The van der Waals surface area contributed by atoms with Gasteiger partial charge in [0.15, 0.2) is 0 Å². The van der Waals surface area contributed by atoms with Crippen molar-refractivity contribution in [3.8, 4) is 11.8 Å². The van der Waals surface area contributed by atoms with Gasteiger partial charge in [-0.15, -0.1) is 0 Å². The Morgan fingerprint density at radius 1 is 1.05 bits per heavy atom. The van der Waals surface area contributed by atoms with E-state index in [1.807, 2.05) is 6.07 Å². The number of halogens is 1. The summed E-state index contributed by atoms with van der Waals surface area (Å²) in [6.45, 7) is 0. The third-order valence-corrected chi connectivity index (χ3v) is 2.58. The molecular weight excluding hydrogens is 273 g/mol. The Bertz CT molecular complexity index is 745. The monoisotopic (exact) mass is 283 g/mol.